The van der Waals surface area contributed by atoms with Crippen molar-refractivity contribution in [2.75, 3.05) is 6.54 Å². The molecule has 0 bridgehead atoms. The number of aromatic amines is 1. The minimum atomic E-state index is -0.223. The van der Waals surface area contributed by atoms with Crippen LogP contribution in [-0.2, 0) is 11.2 Å². The number of benzene rings is 1. The molecule has 0 saturated carbocycles. The highest BCUT2D eigenvalue weighted by Crippen LogP contribution is 2.33. The Kier molecular flexibility index (Phi) is 3.90. The van der Waals surface area contributed by atoms with Crippen LogP contribution in [0.2, 0.25) is 0 Å². The number of hydrogen-bond acceptors (Lipinski definition) is 4. The molecule has 3 heterocycles. The van der Waals surface area contributed by atoms with E-state index in [1.807, 2.05) is 28.5 Å². The van der Waals surface area contributed by atoms with Gasteiger partial charge in [0.25, 0.3) is 5.56 Å². The van der Waals surface area contributed by atoms with Crippen LogP contribution >= 0.6 is 11.3 Å². The van der Waals surface area contributed by atoms with E-state index in [4.69, 9.17) is 0 Å². The first-order valence-corrected chi connectivity index (χ1v) is 8.96. The van der Waals surface area contributed by atoms with Crippen molar-refractivity contribution in [2.24, 2.45) is 0 Å². The average Bonchev–Trinajstić information content (AvgIpc) is 3.28. The third-order valence-corrected chi connectivity index (χ3v) is 5.30. The van der Waals surface area contributed by atoms with Gasteiger partial charge in [0, 0.05) is 11.9 Å². The number of likely N-dealkylation sites (tertiary alicyclic amines) is 1. The zero-order valence-corrected chi connectivity index (χ0v) is 13.9. The molecule has 0 unspecified atom stereocenters. The van der Waals surface area contributed by atoms with Crippen LogP contribution < -0.4 is 5.56 Å². The molecule has 24 heavy (non-hydrogen) atoms. The van der Waals surface area contributed by atoms with Gasteiger partial charge in [-0.2, -0.15) is 16.4 Å². The fourth-order valence-electron chi connectivity index (χ4n) is 3.43. The number of aromatic nitrogens is 2. The smallest absolute Gasteiger partial charge is 0.272 e. The number of carbonyl (C=O) groups is 1. The molecular weight excluding hydrogens is 322 g/mol. The van der Waals surface area contributed by atoms with Crippen LogP contribution in [0.4, 0.5) is 0 Å². The summed E-state index contributed by atoms with van der Waals surface area (Å²) in [7, 11) is 0. The molecule has 1 aromatic carbocycles. The van der Waals surface area contributed by atoms with Gasteiger partial charge in [0.2, 0.25) is 5.91 Å². The lowest BCUT2D eigenvalue weighted by molar-refractivity contribution is -0.131. The summed E-state index contributed by atoms with van der Waals surface area (Å²) in [5, 5.41) is 12.1. The third kappa shape index (κ3) is 2.63. The molecule has 5 nitrogen and oxygen atoms in total. The van der Waals surface area contributed by atoms with Gasteiger partial charge in [0.05, 0.1) is 23.5 Å². The van der Waals surface area contributed by atoms with Gasteiger partial charge < -0.3 is 4.90 Å². The van der Waals surface area contributed by atoms with Crippen LogP contribution in [0.1, 0.15) is 30.1 Å². The number of fused-ring (bicyclic) bond motifs is 1. The van der Waals surface area contributed by atoms with Gasteiger partial charge in [0.1, 0.15) is 0 Å². The maximum Gasteiger partial charge on any atom is 0.272 e. The summed E-state index contributed by atoms with van der Waals surface area (Å²) in [6.07, 6.45) is 2.23. The van der Waals surface area contributed by atoms with E-state index in [1.54, 1.807) is 17.4 Å². The number of carbonyl (C=O) groups excluding carboxylic acids is 1. The van der Waals surface area contributed by atoms with Crippen molar-refractivity contribution >= 4 is 28.0 Å². The molecule has 1 fully saturated rings. The molecule has 0 radical (unpaired) electrons. The summed E-state index contributed by atoms with van der Waals surface area (Å²) in [6.45, 7) is 0.778. The zero-order chi connectivity index (χ0) is 16.5. The molecule has 1 saturated heterocycles. The van der Waals surface area contributed by atoms with E-state index in [1.165, 1.54) is 5.56 Å². The van der Waals surface area contributed by atoms with Crippen LogP contribution in [-0.4, -0.2) is 27.5 Å². The predicted molar refractivity (Wildman–Crippen MR) is 94.1 cm³/mol. The lowest BCUT2D eigenvalue weighted by Gasteiger charge is -2.24. The summed E-state index contributed by atoms with van der Waals surface area (Å²) in [5.74, 6) is 0.0633. The molecule has 4 rings (SSSR count). The minimum Gasteiger partial charge on any atom is -0.335 e. The largest absolute Gasteiger partial charge is 0.335 e. The number of rotatable bonds is 3. The fraction of sp³-hybridized carbons (Fsp3) is 0.278. The lowest BCUT2D eigenvalue weighted by atomic mass is 10.1. The fourth-order valence-corrected chi connectivity index (χ4v) is 4.13. The molecular formula is C18H17N3O2S. The predicted octanol–water partition coefficient (Wildman–Crippen LogP) is 2.89. The molecule has 122 valence electrons. The minimum absolute atomic E-state index is 0.0633. The Morgan fingerprint density at radius 2 is 2.12 bits per heavy atom. The molecule has 1 atom stereocenters. The Morgan fingerprint density at radius 3 is 2.92 bits per heavy atom. The van der Waals surface area contributed by atoms with Crippen molar-refractivity contribution in [3.63, 3.8) is 0 Å². The van der Waals surface area contributed by atoms with Crippen LogP contribution in [0.3, 0.4) is 0 Å². The van der Waals surface area contributed by atoms with Crippen molar-refractivity contribution < 1.29 is 4.79 Å². The van der Waals surface area contributed by atoms with E-state index in [0.29, 0.717) is 11.1 Å². The summed E-state index contributed by atoms with van der Waals surface area (Å²) < 4.78 is 0. The van der Waals surface area contributed by atoms with Crippen LogP contribution in [0, 0.1) is 0 Å². The molecule has 1 aliphatic heterocycles. The van der Waals surface area contributed by atoms with E-state index in [9.17, 15) is 9.59 Å². The first kappa shape index (κ1) is 15.1. The number of amides is 1. The molecule has 6 heteroatoms. The van der Waals surface area contributed by atoms with Crippen molar-refractivity contribution in [2.45, 2.75) is 25.3 Å². The highest BCUT2D eigenvalue weighted by molar-refractivity contribution is 7.08. The number of nitrogens with zero attached hydrogens (tertiary/aromatic N) is 2. The Balaban J connectivity index is 1.63. The first-order chi connectivity index (χ1) is 11.7. The van der Waals surface area contributed by atoms with Gasteiger partial charge in [-0.3, -0.25) is 9.59 Å². The van der Waals surface area contributed by atoms with Crippen molar-refractivity contribution in [1.29, 1.82) is 0 Å². The molecule has 1 N–H and O–H groups in total. The quantitative estimate of drug-likeness (QED) is 0.798. The monoisotopic (exact) mass is 339 g/mol. The second-order valence-electron chi connectivity index (χ2n) is 6.02. The van der Waals surface area contributed by atoms with Gasteiger partial charge in [-0.25, -0.2) is 5.10 Å². The van der Waals surface area contributed by atoms with E-state index >= 15 is 0 Å². The number of hydrogen-bond donors (Lipinski definition) is 1. The van der Waals surface area contributed by atoms with Crippen LogP contribution in [0.5, 0.6) is 0 Å². The molecule has 1 amide bonds. The Labute approximate surface area is 142 Å². The summed E-state index contributed by atoms with van der Waals surface area (Å²) in [6, 6.07) is 9.54. The Hall–Kier alpha value is -2.47. The first-order valence-electron chi connectivity index (χ1n) is 8.02. The number of H-pyrrole nitrogens is 1. The zero-order valence-electron chi connectivity index (χ0n) is 13.1. The normalized spacial score (nSPS) is 17.5. The van der Waals surface area contributed by atoms with E-state index in [-0.39, 0.29) is 23.9 Å². The Morgan fingerprint density at radius 1 is 1.29 bits per heavy atom. The van der Waals surface area contributed by atoms with Crippen LogP contribution in [0.15, 0.2) is 45.9 Å². The molecule has 0 spiro atoms. The molecule has 2 aromatic heterocycles. The summed E-state index contributed by atoms with van der Waals surface area (Å²) in [4.78, 5) is 26.7. The van der Waals surface area contributed by atoms with E-state index < -0.39 is 0 Å². The van der Waals surface area contributed by atoms with Gasteiger partial charge in [-0.05, 0) is 41.3 Å². The highest BCUT2D eigenvalue weighted by atomic mass is 32.1. The van der Waals surface area contributed by atoms with Crippen LogP contribution in [0.25, 0.3) is 10.8 Å². The van der Waals surface area contributed by atoms with Gasteiger partial charge >= 0.3 is 0 Å². The summed E-state index contributed by atoms with van der Waals surface area (Å²) in [5.41, 5.74) is 1.62. The topological polar surface area (TPSA) is 66.1 Å². The SMILES string of the molecule is O=C(Cc1n[nH]c(=O)c2ccccc12)N1CCC[C@H]1c1ccsc1. The summed E-state index contributed by atoms with van der Waals surface area (Å²) >= 11 is 1.66. The van der Waals surface area contributed by atoms with E-state index in [0.717, 1.165) is 24.8 Å². The van der Waals surface area contributed by atoms with E-state index in [2.05, 4.69) is 21.6 Å². The van der Waals surface area contributed by atoms with Gasteiger partial charge in [-0.1, -0.05) is 18.2 Å². The number of nitrogens with one attached hydrogen (secondary N) is 1. The maximum absolute atomic E-state index is 12.8. The maximum atomic E-state index is 12.8. The lowest BCUT2D eigenvalue weighted by Crippen LogP contribution is -2.32. The second kappa shape index (κ2) is 6.20. The van der Waals surface area contributed by atoms with Crippen molar-refractivity contribution in [1.82, 2.24) is 15.1 Å². The third-order valence-electron chi connectivity index (χ3n) is 4.59. The molecule has 1 aliphatic rings. The second-order valence-corrected chi connectivity index (χ2v) is 6.80. The van der Waals surface area contributed by atoms with Crippen molar-refractivity contribution in [3.8, 4) is 0 Å². The van der Waals surface area contributed by atoms with Crippen molar-refractivity contribution in [3.05, 3.63) is 62.7 Å². The number of thiophene rings is 1. The average molecular weight is 339 g/mol. The van der Waals surface area contributed by atoms with Gasteiger partial charge in [0.15, 0.2) is 0 Å². The van der Waals surface area contributed by atoms with Gasteiger partial charge in [-0.15, -0.1) is 0 Å². The standard InChI is InChI=1S/C18H17N3O2S/c22-17(21-8-3-6-16(21)12-7-9-24-11-12)10-15-13-4-1-2-5-14(13)18(23)20-19-15/h1-2,4-5,7,9,11,16H,3,6,8,10H2,(H,20,23)/t16-/m0/s1. The Bertz CT molecular complexity index is 933. The molecule has 0 aliphatic carbocycles. The highest BCUT2D eigenvalue weighted by Gasteiger charge is 2.30. The molecule has 3 aromatic rings.